The lowest BCUT2D eigenvalue weighted by molar-refractivity contribution is -0.122. The monoisotopic (exact) mass is 503 g/mol. The van der Waals surface area contributed by atoms with Crippen molar-refractivity contribution in [3.8, 4) is 0 Å². The molecule has 5 rings (SSSR count). The fraction of sp³-hybridized carbons (Fsp3) is 0.455. The summed E-state index contributed by atoms with van der Waals surface area (Å²) in [6.07, 6.45) is 3.71. The standard InChI is InChI=1S/C22H23ClFN7O4/c1-11-26-28-31(27-11)7-5-17(32)25-12-4-6-29(9-12)20-16(24)8-14-19(18(20)23)30(13-2-3-13)10-15(21(14)33)22(34)35/h8,10,12-13H,2-7,9H2,1H3,(H,25,32)(H,34,35). The number of carboxylic acids is 1. The van der Waals surface area contributed by atoms with E-state index < -0.39 is 22.8 Å². The van der Waals surface area contributed by atoms with Crippen molar-refractivity contribution in [1.82, 2.24) is 30.1 Å². The third-order valence-corrected chi connectivity index (χ3v) is 6.67. The van der Waals surface area contributed by atoms with Gasteiger partial charge in [0, 0.05) is 37.8 Å². The fourth-order valence-corrected chi connectivity index (χ4v) is 4.92. The van der Waals surface area contributed by atoms with Crippen molar-refractivity contribution in [1.29, 1.82) is 0 Å². The second-order valence-corrected chi connectivity index (χ2v) is 9.29. The van der Waals surface area contributed by atoms with Crippen LogP contribution in [0.2, 0.25) is 5.02 Å². The maximum absolute atomic E-state index is 15.3. The highest BCUT2D eigenvalue weighted by Gasteiger charge is 2.32. The fourth-order valence-electron chi connectivity index (χ4n) is 4.52. The summed E-state index contributed by atoms with van der Waals surface area (Å²) in [5.41, 5.74) is -0.688. The van der Waals surface area contributed by atoms with E-state index in [1.165, 1.54) is 11.0 Å². The number of fused-ring (bicyclic) bond motifs is 1. The highest BCUT2D eigenvalue weighted by molar-refractivity contribution is 6.38. The van der Waals surface area contributed by atoms with Crippen LogP contribution in [0.25, 0.3) is 10.9 Å². The number of nitrogens with one attached hydrogen (secondary N) is 1. The lowest BCUT2D eigenvalue weighted by Crippen LogP contribution is -2.37. The number of benzene rings is 1. The predicted octanol–water partition coefficient (Wildman–Crippen LogP) is 1.91. The number of tetrazole rings is 1. The maximum Gasteiger partial charge on any atom is 0.341 e. The number of aromatic nitrogens is 5. The third-order valence-electron chi connectivity index (χ3n) is 6.32. The summed E-state index contributed by atoms with van der Waals surface area (Å²) in [5.74, 6) is -1.72. The van der Waals surface area contributed by atoms with Crippen LogP contribution in [0.1, 0.15) is 47.9 Å². The molecule has 0 bridgehead atoms. The minimum Gasteiger partial charge on any atom is -0.477 e. The van der Waals surface area contributed by atoms with Gasteiger partial charge in [-0.1, -0.05) is 11.6 Å². The molecule has 1 aliphatic heterocycles. The molecule has 11 nitrogen and oxygen atoms in total. The number of hydrogen-bond donors (Lipinski definition) is 2. The Labute approximate surface area is 203 Å². The molecule has 1 atom stereocenters. The molecule has 1 amide bonds. The second-order valence-electron chi connectivity index (χ2n) is 8.91. The first-order valence-electron chi connectivity index (χ1n) is 11.3. The van der Waals surface area contributed by atoms with Gasteiger partial charge in [-0.15, -0.1) is 10.2 Å². The topological polar surface area (TPSA) is 135 Å². The lowest BCUT2D eigenvalue weighted by atomic mass is 10.1. The number of anilines is 1. The Morgan fingerprint density at radius 2 is 2.09 bits per heavy atom. The van der Waals surface area contributed by atoms with E-state index in [0.29, 0.717) is 37.4 Å². The van der Waals surface area contributed by atoms with Crippen LogP contribution < -0.4 is 15.6 Å². The van der Waals surface area contributed by atoms with Crippen molar-refractivity contribution in [2.75, 3.05) is 18.0 Å². The average molecular weight is 504 g/mol. The number of hydrogen-bond acceptors (Lipinski definition) is 7. The molecule has 1 aliphatic carbocycles. The Kier molecular flexibility index (Phi) is 5.91. The van der Waals surface area contributed by atoms with Gasteiger partial charge in [0.1, 0.15) is 11.4 Å². The summed E-state index contributed by atoms with van der Waals surface area (Å²) in [6.45, 7) is 2.81. The number of carbonyl (C=O) groups excluding carboxylic acids is 1. The molecule has 2 aliphatic rings. The van der Waals surface area contributed by atoms with Gasteiger partial charge >= 0.3 is 5.97 Å². The van der Waals surface area contributed by atoms with Gasteiger partial charge in [-0.25, -0.2) is 9.18 Å². The number of carbonyl (C=O) groups is 2. The number of halogens is 2. The first-order valence-corrected chi connectivity index (χ1v) is 11.7. The van der Waals surface area contributed by atoms with Gasteiger partial charge in [0.2, 0.25) is 11.3 Å². The molecular weight excluding hydrogens is 481 g/mol. The summed E-state index contributed by atoms with van der Waals surface area (Å²) in [5, 5.41) is 24.0. The number of rotatable bonds is 7. The van der Waals surface area contributed by atoms with Crippen LogP contribution in [0.4, 0.5) is 10.1 Å². The van der Waals surface area contributed by atoms with E-state index in [0.717, 1.165) is 18.9 Å². The molecule has 1 aromatic carbocycles. The highest BCUT2D eigenvalue weighted by atomic mass is 35.5. The molecule has 3 aromatic rings. The van der Waals surface area contributed by atoms with Crippen LogP contribution in [-0.4, -0.2) is 60.9 Å². The first kappa shape index (κ1) is 23.2. The summed E-state index contributed by atoms with van der Waals surface area (Å²) in [4.78, 5) is 39.8. The molecule has 1 saturated carbocycles. The van der Waals surface area contributed by atoms with Crippen LogP contribution >= 0.6 is 11.6 Å². The predicted molar refractivity (Wildman–Crippen MR) is 124 cm³/mol. The first-order chi connectivity index (χ1) is 16.7. The molecule has 2 N–H and O–H groups in total. The maximum atomic E-state index is 15.3. The quantitative estimate of drug-likeness (QED) is 0.499. The van der Waals surface area contributed by atoms with Crippen molar-refractivity contribution in [2.24, 2.45) is 0 Å². The van der Waals surface area contributed by atoms with Gasteiger partial charge in [-0.2, -0.15) is 4.80 Å². The van der Waals surface area contributed by atoms with Gasteiger partial charge in [-0.3, -0.25) is 9.59 Å². The van der Waals surface area contributed by atoms with E-state index in [1.54, 1.807) is 16.4 Å². The Morgan fingerprint density at radius 3 is 2.74 bits per heavy atom. The average Bonchev–Trinajstić information content (AvgIpc) is 3.41. The molecule has 0 spiro atoms. The van der Waals surface area contributed by atoms with E-state index in [1.807, 2.05) is 0 Å². The van der Waals surface area contributed by atoms with Crippen LogP contribution in [-0.2, 0) is 11.3 Å². The SMILES string of the molecule is Cc1nnn(CCC(=O)NC2CCN(c3c(F)cc4c(=O)c(C(=O)O)cn(C5CC5)c4c3Cl)C2)n1. The summed E-state index contributed by atoms with van der Waals surface area (Å²) in [7, 11) is 0. The molecule has 1 unspecified atom stereocenters. The van der Waals surface area contributed by atoms with E-state index in [9.17, 15) is 19.5 Å². The number of amides is 1. The molecule has 35 heavy (non-hydrogen) atoms. The minimum absolute atomic E-state index is 0.0147. The van der Waals surface area contributed by atoms with Crippen molar-refractivity contribution in [3.05, 3.63) is 44.7 Å². The van der Waals surface area contributed by atoms with E-state index >= 15 is 4.39 Å². The Balaban J connectivity index is 1.38. The molecular formula is C22H23ClFN7O4. The molecule has 3 heterocycles. The van der Waals surface area contributed by atoms with Gasteiger partial charge in [0.25, 0.3) is 0 Å². The largest absolute Gasteiger partial charge is 0.477 e. The molecule has 184 valence electrons. The van der Waals surface area contributed by atoms with Gasteiger partial charge in [-0.05, 0) is 37.5 Å². The molecule has 2 aromatic heterocycles. The Hall–Kier alpha value is -3.54. The van der Waals surface area contributed by atoms with Crippen LogP contribution in [0.15, 0.2) is 17.1 Å². The van der Waals surface area contributed by atoms with Crippen molar-refractivity contribution in [3.63, 3.8) is 0 Å². The van der Waals surface area contributed by atoms with Crippen molar-refractivity contribution >= 4 is 40.1 Å². The zero-order chi connectivity index (χ0) is 24.9. The van der Waals surface area contributed by atoms with Crippen LogP contribution in [0.3, 0.4) is 0 Å². The number of nitrogens with zero attached hydrogens (tertiary/aromatic N) is 6. The molecule has 13 heteroatoms. The van der Waals surface area contributed by atoms with E-state index in [2.05, 4.69) is 20.7 Å². The molecule has 1 saturated heterocycles. The minimum atomic E-state index is -1.36. The zero-order valence-electron chi connectivity index (χ0n) is 18.9. The molecule has 2 fully saturated rings. The van der Waals surface area contributed by atoms with Crippen LogP contribution in [0.5, 0.6) is 0 Å². The smallest absolute Gasteiger partial charge is 0.341 e. The number of carboxylic acid groups (broad SMARTS) is 1. The van der Waals surface area contributed by atoms with Gasteiger partial charge in [0.05, 0.1) is 28.2 Å². The second kappa shape index (κ2) is 8.91. The van der Waals surface area contributed by atoms with Crippen LogP contribution in [0, 0.1) is 12.7 Å². The summed E-state index contributed by atoms with van der Waals surface area (Å²) < 4.78 is 16.9. The number of aromatic carboxylic acids is 1. The zero-order valence-corrected chi connectivity index (χ0v) is 19.6. The Bertz CT molecular complexity index is 1400. The van der Waals surface area contributed by atoms with Gasteiger partial charge < -0.3 is 19.9 Å². The lowest BCUT2D eigenvalue weighted by Gasteiger charge is -2.23. The number of aryl methyl sites for hydroxylation is 2. The van der Waals surface area contributed by atoms with E-state index in [-0.39, 0.29) is 40.5 Å². The molecule has 0 radical (unpaired) electrons. The van der Waals surface area contributed by atoms with Gasteiger partial charge in [0.15, 0.2) is 5.82 Å². The Morgan fingerprint density at radius 1 is 1.31 bits per heavy atom. The van der Waals surface area contributed by atoms with Crippen molar-refractivity contribution < 1.29 is 19.1 Å². The van der Waals surface area contributed by atoms with E-state index in [4.69, 9.17) is 11.6 Å². The summed E-state index contributed by atoms with van der Waals surface area (Å²) in [6, 6.07) is 0.878. The number of pyridine rings is 1. The summed E-state index contributed by atoms with van der Waals surface area (Å²) >= 11 is 6.68. The van der Waals surface area contributed by atoms with Crippen molar-refractivity contribution in [2.45, 2.75) is 51.2 Å². The third kappa shape index (κ3) is 4.45. The normalized spacial score (nSPS) is 17.8. The highest BCUT2D eigenvalue weighted by Crippen LogP contribution is 2.42.